The molecule has 0 fully saturated rings. The fourth-order valence-corrected chi connectivity index (χ4v) is 1.01. The van der Waals surface area contributed by atoms with E-state index in [9.17, 15) is 4.79 Å². The van der Waals surface area contributed by atoms with E-state index < -0.39 is 0 Å². The molecule has 5 heteroatoms. The molecule has 1 aromatic rings. The summed E-state index contributed by atoms with van der Waals surface area (Å²) < 4.78 is 0. The van der Waals surface area contributed by atoms with Gasteiger partial charge in [0.05, 0.1) is 0 Å². The van der Waals surface area contributed by atoms with E-state index in [2.05, 4.69) is 31.1 Å². The second kappa shape index (κ2) is 5.70. The molecule has 0 radical (unpaired) electrons. The van der Waals surface area contributed by atoms with E-state index in [0.29, 0.717) is 18.1 Å². The number of nitrogens with two attached hydrogens (primary N) is 1. The molecule has 0 saturated heterocycles. The van der Waals surface area contributed by atoms with Gasteiger partial charge in [0.15, 0.2) is 0 Å². The van der Waals surface area contributed by atoms with Crippen molar-refractivity contribution in [1.82, 2.24) is 10.3 Å². The molecule has 0 aliphatic carbocycles. The zero-order valence-electron chi connectivity index (χ0n) is 9.78. The van der Waals surface area contributed by atoms with E-state index in [0.717, 1.165) is 0 Å². The summed E-state index contributed by atoms with van der Waals surface area (Å²) in [5, 5.41) is 2.81. The van der Waals surface area contributed by atoms with Crippen molar-refractivity contribution in [3.8, 4) is 0 Å². The minimum absolute atomic E-state index is 0. The maximum absolute atomic E-state index is 11.6. The number of carbonyl (C=O) groups excluding carboxylic acids is 1. The third-order valence-electron chi connectivity index (χ3n) is 1.78. The first-order chi connectivity index (χ1) is 6.88. The normalized spacial score (nSPS) is 10.4. The Labute approximate surface area is 102 Å². The third kappa shape index (κ3) is 4.98. The van der Waals surface area contributed by atoms with Crippen molar-refractivity contribution in [1.29, 1.82) is 0 Å². The molecule has 1 rings (SSSR count). The minimum atomic E-state index is -0.183. The van der Waals surface area contributed by atoms with Crippen LogP contribution in [0.25, 0.3) is 0 Å². The molecule has 0 bridgehead atoms. The van der Waals surface area contributed by atoms with E-state index in [1.54, 1.807) is 18.2 Å². The summed E-state index contributed by atoms with van der Waals surface area (Å²) in [6.07, 6.45) is 0. The van der Waals surface area contributed by atoms with Gasteiger partial charge >= 0.3 is 0 Å². The molecule has 0 aromatic carbocycles. The molecular formula is C11H18ClN3O. The number of pyridine rings is 1. The molecule has 1 aromatic heterocycles. The first-order valence-corrected chi connectivity index (χ1v) is 4.89. The Hall–Kier alpha value is -1.29. The number of amides is 1. The number of rotatable bonds is 2. The summed E-state index contributed by atoms with van der Waals surface area (Å²) in [5.41, 5.74) is 5.91. The number of nitrogens with zero attached hydrogens (tertiary/aromatic N) is 1. The molecule has 3 N–H and O–H groups in total. The summed E-state index contributed by atoms with van der Waals surface area (Å²) >= 11 is 0. The van der Waals surface area contributed by atoms with Crippen molar-refractivity contribution in [3.05, 3.63) is 23.9 Å². The van der Waals surface area contributed by atoms with E-state index >= 15 is 0 Å². The van der Waals surface area contributed by atoms with Crippen LogP contribution in [0.2, 0.25) is 0 Å². The van der Waals surface area contributed by atoms with Crippen LogP contribution in [-0.2, 0) is 0 Å². The van der Waals surface area contributed by atoms with Crippen molar-refractivity contribution in [2.45, 2.75) is 20.8 Å². The fraction of sp³-hybridized carbons (Fsp3) is 0.455. The van der Waals surface area contributed by atoms with Crippen molar-refractivity contribution in [2.75, 3.05) is 12.3 Å². The summed E-state index contributed by atoms with van der Waals surface area (Å²) in [7, 11) is 0. The molecule has 1 amide bonds. The first-order valence-electron chi connectivity index (χ1n) is 4.89. The lowest BCUT2D eigenvalue weighted by atomic mass is 9.97. The van der Waals surface area contributed by atoms with Crippen molar-refractivity contribution < 1.29 is 4.79 Å². The highest BCUT2D eigenvalue weighted by Crippen LogP contribution is 2.10. The van der Waals surface area contributed by atoms with E-state index in [-0.39, 0.29) is 23.7 Å². The van der Waals surface area contributed by atoms with Crippen LogP contribution in [0.3, 0.4) is 0 Å². The van der Waals surface area contributed by atoms with Crippen LogP contribution in [0.4, 0.5) is 5.82 Å². The van der Waals surface area contributed by atoms with Gasteiger partial charge in [-0.3, -0.25) is 4.79 Å². The largest absolute Gasteiger partial charge is 0.384 e. The number of carbonyl (C=O) groups is 1. The molecule has 0 spiro atoms. The van der Waals surface area contributed by atoms with Crippen LogP contribution >= 0.6 is 12.4 Å². The highest BCUT2D eigenvalue weighted by Gasteiger charge is 2.13. The van der Waals surface area contributed by atoms with Crippen molar-refractivity contribution in [3.63, 3.8) is 0 Å². The van der Waals surface area contributed by atoms with Gasteiger partial charge in [-0.15, -0.1) is 12.4 Å². The zero-order valence-corrected chi connectivity index (χ0v) is 10.6. The molecular weight excluding hydrogens is 226 g/mol. The third-order valence-corrected chi connectivity index (χ3v) is 1.78. The molecule has 16 heavy (non-hydrogen) atoms. The number of nitrogens with one attached hydrogen (secondary N) is 1. The Morgan fingerprint density at radius 2 is 2.06 bits per heavy atom. The second-order valence-electron chi connectivity index (χ2n) is 4.69. The molecule has 0 atom stereocenters. The van der Waals surface area contributed by atoms with Crippen LogP contribution in [0, 0.1) is 5.41 Å². The Morgan fingerprint density at radius 3 is 2.56 bits per heavy atom. The van der Waals surface area contributed by atoms with Gasteiger partial charge in [0, 0.05) is 6.54 Å². The molecule has 1 heterocycles. The van der Waals surface area contributed by atoms with Gasteiger partial charge in [0.25, 0.3) is 5.91 Å². The highest BCUT2D eigenvalue weighted by atomic mass is 35.5. The van der Waals surface area contributed by atoms with Gasteiger partial charge in [-0.1, -0.05) is 26.8 Å². The Morgan fingerprint density at radius 1 is 1.44 bits per heavy atom. The lowest BCUT2D eigenvalue weighted by Gasteiger charge is -2.18. The number of aromatic nitrogens is 1. The van der Waals surface area contributed by atoms with E-state index in [4.69, 9.17) is 5.73 Å². The minimum Gasteiger partial charge on any atom is -0.384 e. The predicted molar refractivity (Wildman–Crippen MR) is 67.7 cm³/mol. The van der Waals surface area contributed by atoms with Crippen LogP contribution in [0.15, 0.2) is 18.2 Å². The summed E-state index contributed by atoms with van der Waals surface area (Å²) in [6, 6.07) is 5.02. The van der Waals surface area contributed by atoms with E-state index in [1.807, 2.05) is 0 Å². The summed E-state index contributed by atoms with van der Waals surface area (Å²) in [6.45, 7) is 6.78. The molecule has 0 saturated carbocycles. The van der Waals surface area contributed by atoms with Gasteiger partial charge in [-0.05, 0) is 17.5 Å². The molecule has 90 valence electrons. The Kier molecular flexibility index (Phi) is 5.24. The lowest BCUT2D eigenvalue weighted by Crippen LogP contribution is -2.32. The topological polar surface area (TPSA) is 68.0 Å². The number of halogens is 1. The predicted octanol–water partition coefficient (Wildman–Crippen LogP) is 1.86. The quantitative estimate of drug-likeness (QED) is 0.833. The standard InChI is InChI=1S/C11H17N3O.ClH/c1-11(2,3)7-13-10(15)8-5-4-6-9(12)14-8;/h4-6H,7H2,1-3H3,(H2,12,14)(H,13,15);1H. The molecule has 0 unspecified atom stereocenters. The second-order valence-corrected chi connectivity index (χ2v) is 4.69. The van der Waals surface area contributed by atoms with Gasteiger partial charge < -0.3 is 11.1 Å². The van der Waals surface area contributed by atoms with Gasteiger partial charge in [-0.2, -0.15) is 0 Å². The fourth-order valence-electron chi connectivity index (χ4n) is 1.01. The molecule has 0 aliphatic heterocycles. The highest BCUT2D eigenvalue weighted by molar-refractivity contribution is 5.92. The van der Waals surface area contributed by atoms with Crippen LogP contribution in [-0.4, -0.2) is 17.4 Å². The first kappa shape index (κ1) is 14.7. The Bertz CT molecular complexity index is 360. The molecule has 0 aliphatic rings. The number of hydrogen-bond donors (Lipinski definition) is 2. The number of nitrogen functional groups attached to an aromatic ring is 1. The smallest absolute Gasteiger partial charge is 0.269 e. The van der Waals surface area contributed by atoms with Crippen LogP contribution < -0.4 is 11.1 Å². The van der Waals surface area contributed by atoms with Crippen LogP contribution in [0.1, 0.15) is 31.3 Å². The average Bonchev–Trinajstić information content (AvgIpc) is 2.13. The van der Waals surface area contributed by atoms with Gasteiger partial charge in [-0.25, -0.2) is 4.98 Å². The van der Waals surface area contributed by atoms with Gasteiger partial charge in [0.1, 0.15) is 11.5 Å². The number of hydrogen-bond acceptors (Lipinski definition) is 3. The summed E-state index contributed by atoms with van der Waals surface area (Å²) in [4.78, 5) is 15.6. The van der Waals surface area contributed by atoms with Crippen LogP contribution in [0.5, 0.6) is 0 Å². The zero-order chi connectivity index (χ0) is 11.5. The number of anilines is 1. The summed E-state index contributed by atoms with van der Waals surface area (Å²) in [5.74, 6) is 0.177. The van der Waals surface area contributed by atoms with Crippen molar-refractivity contribution in [2.24, 2.45) is 5.41 Å². The SMILES string of the molecule is CC(C)(C)CNC(=O)c1cccc(N)n1.Cl. The lowest BCUT2D eigenvalue weighted by molar-refractivity contribution is 0.0934. The monoisotopic (exact) mass is 243 g/mol. The maximum atomic E-state index is 11.6. The van der Waals surface area contributed by atoms with E-state index in [1.165, 1.54) is 0 Å². The van der Waals surface area contributed by atoms with Crippen molar-refractivity contribution >= 4 is 24.1 Å². The molecule has 4 nitrogen and oxygen atoms in total. The maximum Gasteiger partial charge on any atom is 0.269 e. The average molecular weight is 244 g/mol. The van der Waals surface area contributed by atoms with Gasteiger partial charge in [0.2, 0.25) is 0 Å². The Balaban J connectivity index is 0.00000225.